The smallest absolute Gasteiger partial charge is 0.393 e. The highest BCUT2D eigenvalue weighted by molar-refractivity contribution is 7.07. The molecule has 1 heterocycles. The Labute approximate surface area is 95.7 Å². The maximum Gasteiger partial charge on any atom is 0.411 e. The Hall–Kier alpha value is -0.590. The molecule has 0 saturated heterocycles. The largest absolute Gasteiger partial charge is 0.411 e. The second-order valence-electron chi connectivity index (χ2n) is 3.45. The van der Waals surface area contributed by atoms with Gasteiger partial charge >= 0.3 is 6.18 Å². The number of ether oxygens (including phenoxy) is 1. The molecule has 0 bridgehead atoms. The van der Waals surface area contributed by atoms with Crippen molar-refractivity contribution >= 4 is 11.3 Å². The summed E-state index contributed by atoms with van der Waals surface area (Å²) in [6.45, 7) is -1.33. The molecule has 0 amide bonds. The first kappa shape index (κ1) is 13.5. The van der Waals surface area contributed by atoms with E-state index in [4.69, 9.17) is 0 Å². The summed E-state index contributed by atoms with van der Waals surface area (Å²) < 4.78 is 39.5. The van der Waals surface area contributed by atoms with Crippen LogP contribution < -0.4 is 0 Å². The third kappa shape index (κ3) is 6.09. The third-order valence-corrected chi connectivity index (χ3v) is 2.64. The van der Waals surface area contributed by atoms with E-state index in [0.29, 0.717) is 6.42 Å². The van der Waals surface area contributed by atoms with Crippen LogP contribution in [0.4, 0.5) is 13.2 Å². The molecule has 1 N–H and O–H groups in total. The van der Waals surface area contributed by atoms with Crippen LogP contribution in [0.15, 0.2) is 16.8 Å². The Morgan fingerprint density at radius 1 is 1.44 bits per heavy atom. The molecule has 1 aromatic rings. The van der Waals surface area contributed by atoms with Gasteiger partial charge in [0.2, 0.25) is 0 Å². The van der Waals surface area contributed by atoms with Gasteiger partial charge in [0.05, 0.1) is 6.10 Å². The zero-order chi connectivity index (χ0) is 12.0. The minimum absolute atomic E-state index is 0.0786. The van der Waals surface area contributed by atoms with E-state index in [0.717, 1.165) is 5.56 Å². The van der Waals surface area contributed by atoms with E-state index in [1.165, 1.54) is 11.3 Å². The van der Waals surface area contributed by atoms with Crippen molar-refractivity contribution < 1.29 is 23.0 Å². The molecule has 0 radical (unpaired) electrons. The van der Waals surface area contributed by atoms with Gasteiger partial charge in [-0.2, -0.15) is 24.5 Å². The summed E-state index contributed by atoms with van der Waals surface area (Å²) in [7, 11) is 0. The van der Waals surface area contributed by atoms with Crippen molar-refractivity contribution in [3.8, 4) is 0 Å². The van der Waals surface area contributed by atoms with Gasteiger partial charge in [0.15, 0.2) is 0 Å². The highest BCUT2D eigenvalue weighted by Gasteiger charge is 2.27. The van der Waals surface area contributed by atoms with Crippen LogP contribution in [-0.4, -0.2) is 30.6 Å². The number of aliphatic hydroxyl groups excluding tert-OH is 1. The van der Waals surface area contributed by atoms with E-state index in [2.05, 4.69) is 4.74 Å². The van der Waals surface area contributed by atoms with Crippen molar-refractivity contribution in [3.63, 3.8) is 0 Å². The molecule has 1 unspecified atom stereocenters. The van der Waals surface area contributed by atoms with Gasteiger partial charge in [-0.3, -0.25) is 0 Å². The van der Waals surface area contributed by atoms with Gasteiger partial charge in [-0.05, 0) is 35.2 Å². The molecule has 1 aromatic heterocycles. The normalized spacial score (nSPS) is 14.0. The van der Waals surface area contributed by atoms with Crippen molar-refractivity contribution in [1.29, 1.82) is 0 Å². The average Bonchev–Trinajstić information content (AvgIpc) is 2.63. The van der Waals surface area contributed by atoms with Crippen LogP contribution in [0.3, 0.4) is 0 Å². The van der Waals surface area contributed by atoms with Crippen molar-refractivity contribution in [1.82, 2.24) is 0 Å². The van der Waals surface area contributed by atoms with Crippen molar-refractivity contribution in [2.24, 2.45) is 0 Å². The molecule has 0 aromatic carbocycles. The zero-order valence-electron chi connectivity index (χ0n) is 8.54. The molecule has 92 valence electrons. The standard InChI is InChI=1S/C10H13F3O2S/c11-10(12,13)7-15-3-1-9(14)5-8-2-4-16-6-8/h2,4,6,9,14H,1,3,5,7H2. The molecular weight excluding hydrogens is 241 g/mol. The van der Waals surface area contributed by atoms with Crippen LogP contribution in [0.5, 0.6) is 0 Å². The summed E-state index contributed by atoms with van der Waals surface area (Å²) in [5.74, 6) is 0. The molecule has 1 atom stereocenters. The second-order valence-corrected chi connectivity index (χ2v) is 4.23. The van der Waals surface area contributed by atoms with E-state index in [9.17, 15) is 18.3 Å². The first-order valence-electron chi connectivity index (χ1n) is 4.81. The fraction of sp³-hybridized carbons (Fsp3) is 0.600. The molecular formula is C10H13F3O2S. The van der Waals surface area contributed by atoms with Gasteiger partial charge < -0.3 is 9.84 Å². The molecule has 0 fully saturated rings. The van der Waals surface area contributed by atoms with Gasteiger partial charge in [0.25, 0.3) is 0 Å². The summed E-state index contributed by atoms with van der Waals surface area (Å²) in [5.41, 5.74) is 0.994. The summed E-state index contributed by atoms with van der Waals surface area (Å²) in [5, 5.41) is 13.3. The van der Waals surface area contributed by atoms with Crippen LogP contribution in [0.2, 0.25) is 0 Å². The molecule has 2 nitrogen and oxygen atoms in total. The molecule has 6 heteroatoms. The maximum atomic E-state index is 11.7. The van der Waals surface area contributed by atoms with E-state index >= 15 is 0 Å². The van der Waals surface area contributed by atoms with Gasteiger partial charge in [0, 0.05) is 6.61 Å². The summed E-state index contributed by atoms with van der Waals surface area (Å²) in [6.07, 6.45) is -4.27. The van der Waals surface area contributed by atoms with Crippen molar-refractivity contribution in [2.75, 3.05) is 13.2 Å². The molecule has 0 aliphatic rings. The maximum absolute atomic E-state index is 11.7. The predicted molar refractivity (Wildman–Crippen MR) is 55.5 cm³/mol. The Balaban J connectivity index is 2.09. The molecule has 16 heavy (non-hydrogen) atoms. The van der Waals surface area contributed by atoms with E-state index in [1.807, 2.05) is 16.8 Å². The minimum atomic E-state index is -4.29. The quantitative estimate of drug-likeness (QED) is 0.791. The lowest BCUT2D eigenvalue weighted by atomic mass is 10.1. The second kappa shape index (κ2) is 6.22. The number of thiophene rings is 1. The van der Waals surface area contributed by atoms with Gasteiger partial charge in [-0.1, -0.05) is 0 Å². The number of aliphatic hydroxyl groups is 1. The molecule has 0 spiro atoms. The van der Waals surface area contributed by atoms with Crippen molar-refractivity contribution in [2.45, 2.75) is 25.1 Å². The Morgan fingerprint density at radius 2 is 2.19 bits per heavy atom. The number of hydrogen-bond donors (Lipinski definition) is 1. The lowest BCUT2D eigenvalue weighted by Gasteiger charge is -2.11. The van der Waals surface area contributed by atoms with Crippen LogP contribution in [-0.2, 0) is 11.2 Å². The number of rotatable bonds is 6. The lowest BCUT2D eigenvalue weighted by molar-refractivity contribution is -0.175. The number of hydrogen-bond acceptors (Lipinski definition) is 3. The highest BCUT2D eigenvalue weighted by atomic mass is 32.1. The van der Waals surface area contributed by atoms with Gasteiger partial charge in [-0.15, -0.1) is 0 Å². The summed E-state index contributed by atoms with van der Waals surface area (Å²) in [4.78, 5) is 0. The molecule has 0 saturated carbocycles. The van der Waals surface area contributed by atoms with Crippen LogP contribution >= 0.6 is 11.3 Å². The van der Waals surface area contributed by atoms with Gasteiger partial charge in [-0.25, -0.2) is 0 Å². The van der Waals surface area contributed by atoms with E-state index in [-0.39, 0.29) is 13.0 Å². The van der Waals surface area contributed by atoms with Gasteiger partial charge in [0.1, 0.15) is 6.61 Å². The Morgan fingerprint density at radius 3 is 2.75 bits per heavy atom. The highest BCUT2D eigenvalue weighted by Crippen LogP contribution is 2.15. The van der Waals surface area contributed by atoms with Crippen LogP contribution in [0.1, 0.15) is 12.0 Å². The first-order chi connectivity index (χ1) is 7.47. The Bertz CT molecular complexity index is 285. The molecule has 0 aliphatic carbocycles. The fourth-order valence-electron chi connectivity index (χ4n) is 1.19. The predicted octanol–water partition coefficient (Wildman–Crippen LogP) is 2.62. The number of halogens is 3. The molecule has 1 rings (SSSR count). The molecule has 0 aliphatic heterocycles. The number of alkyl halides is 3. The monoisotopic (exact) mass is 254 g/mol. The first-order valence-corrected chi connectivity index (χ1v) is 5.75. The van der Waals surface area contributed by atoms with Crippen LogP contribution in [0, 0.1) is 0 Å². The van der Waals surface area contributed by atoms with Crippen molar-refractivity contribution in [3.05, 3.63) is 22.4 Å². The topological polar surface area (TPSA) is 29.5 Å². The van der Waals surface area contributed by atoms with E-state index in [1.54, 1.807) is 0 Å². The zero-order valence-corrected chi connectivity index (χ0v) is 9.35. The minimum Gasteiger partial charge on any atom is -0.393 e. The summed E-state index contributed by atoms with van der Waals surface area (Å²) >= 11 is 1.52. The fourth-order valence-corrected chi connectivity index (χ4v) is 1.87. The van der Waals surface area contributed by atoms with E-state index < -0.39 is 18.9 Å². The van der Waals surface area contributed by atoms with Crippen LogP contribution in [0.25, 0.3) is 0 Å². The summed E-state index contributed by atoms with van der Waals surface area (Å²) in [6, 6.07) is 1.88. The lowest BCUT2D eigenvalue weighted by Crippen LogP contribution is -2.20. The Kier molecular flexibility index (Phi) is 5.24. The third-order valence-electron chi connectivity index (χ3n) is 1.91. The SMILES string of the molecule is OC(CCOCC(F)(F)F)Cc1ccsc1. The average molecular weight is 254 g/mol.